The molecule has 0 aromatic carbocycles. The summed E-state index contributed by atoms with van der Waals surface area (Å²) in [5.74, 6) is 0.223. The Balaban J connectivity index is 2.27. The van der Waals surface area contributed by atoms with Gasteiger partial charge in [0.05, 0.1) is 6.54 Å². The fraction of sp³-hybridized carbons (Fsp3) is 0.900. The van der Waals surface area contributed by atoms with Gasteiger partial charge in [0.1, 0.15) is 0 Å². The standard InChI is InChI=1S/C10H21N3O/c1-12(2)11-9-10(14)13-7-5-3-4-6-8-13/h11H,3-9H2,1-2H3. The molecule has 0 atom stereocenters. The second-order valence-corrected chi connectivity index (χ2v) is 4.02. The summed E-state index contributed by atoms with van der Waals surface area (Å²) in [6.07, 6.45) is 4.86. The quantitative estimate of drug-likeness (QED) is 0.671. The van der Waals surface area contributed by atoms with Crippen LogP contribution in [-0.4, -0.2) is 49.5 Å². The lowest BCUT2D eigenvalue weighted by Crippen LogP contribution is -2.42. The van der Waals surface area contributed by atoms with Crippen molar-refractivity contribution in [2.24, 2.45) is 0 Å². The molecule has 0 bridgehead atoms. The van der Waals surface area contributed by atoms with E-state index < -0.39 is 0 Å². The molecular formula is C10H21N3O. The predicted molar refractivity (Wildman–Crippen MR) is 56.7 cm³/mol. The average molecular weight is 199 g/mol. The van der Waals surface area contributed by atoms with Crippen LogP contribution in [0.1, 0.15) is 25.7 Å². The molecule has 1 aliphatic heterocycles. The number of nitrogens with zero attached hydrogens (tertiary/aromatic N) is 2. The van der Waals surface area contributed by atoms with Gasteiger partial charge in [0.25, 0.3) is 0 Å². The normalized spacial score (nSPS) is 18.4. The van der Waals surface area contributed by atoms with Crippen molar-refractivity contribution in [3.63, 3.8) is 0 Å². The number of hydrazine groups is 1. The molecule has 82 valence electrons. The molecule has 0 unspecified atom stereocenters. The lowest BCUT2D eigenvalue weighted by atomic mass is 10.2. The van der Waals surface area contributed by atoms with Gasteiger partial charge in [-0.1, -0.05) is 12.8 Å². The summed E-state index contributed by atoms with van der Waals surface area (Å²) < 4.78 is 0. The minimum Gasteiger partial charge on any atom is -0.342 e. The molecule has 1 rings (SSSR count). The SMILES string of the molecule is CN(C)NCC(=O)N1CCCCCC1. The van der Waals surface area contributed by atoms with E-state index in [1.165, 1.54) is 12.8 Å². The third kappa shape index (κ3) is 4.07. The van der Waals surface area contributed by atoms with E-state index in [0.717, 1.165) is 25.9 Å². The largest absolute Gasteiger partial charge is 0.342 e. The van der Waals surface area contributed by atoms with Crippen LogP contribution in [0, 0.1) is 0 Å². The van der Waals surface area contributed by atoms with Crippen LogP contribution < -0.4 is 5.43 Å². The van der Waals surface area contributed by atoms with Crippen molar-refractivity contribution in [2.75, 3.05) is 33.7 Å². The van der Waals surface area contributed by atoms with E-state index in [0.29, 0.717) is 6.54 Å². The van der Waals surface area contributed by atoms with Crippen molar-refractivity contribution >= 4 is 5.91 Å². The van der Waals surface area contributed by atoms with Crippen molar-refractivity contribution < 1.29 is 4.79 Å². The molecule has 4 heteroatoms. The first-order valence-electron chi connectivity index (χ1n) is 5.39. The first kappa shape index (κ1) is 11.5. The zero-order valence-corrected chi connectivity index (χ0v) is 9.25. The number of nitrogens with one attached hydrogen (secondary N) is 1. The highest BCUT2D eigenvalue weighted by molar-refractivity contribution is 5.78. The number of rotatable bonds is 3. The highest BCUT2D eigenvalue weighted by Crippen LogP contribution is 2.09. The molecule has 1 saturated heterocycles. The maximum atomic E-state index is 11.7. The molecular weight excluding hydrogens is 178 g/mol. The Bertz CT molecular complexity index is 174. The summed E-state index contributed by atoms with van der Waals surface area (Å²) in [5, 5.41) is 1.82. The molecule has 0 saturated carbocycles. The maximum absolute atomic E-state index is 11.7. The monoisotopic (exact) mass is 199 g/mol. The highest BCUT2D eigenvalue weighted by Gasteiger charge is 2.14. The zero-order chi connectivity index (χ0) is 10.4. The van der Waals surface area contributed by atoms with Crippen molar-refractivity contribution in [3.05, 3.63) is 0 Å². The number of amides is 1. The fourth-order valence-electron chi connectivity index (χ4n) is 1.66. The molecule has 0 aromatic heterocycles. The number of likely N-dealkylation sites (tertiary alicyclic amines) is 1. The molecule has 1 fully saturated rings. The van der Waals surface area contributed by atoms with E-state index in [4.69, 9.17) is 0 Å². The molecule has 0 aliphatic carbocycles. The molecule has 0 aromatic rings. The smallest absolute Gasteiger partial charge is 0.237 e. The number of carbonyl (C=O) groups is 1. The molecule has 14 heavy (non-hydrogen) atoms. The average Bonchev–Trinajstić information content (AvgIpc) is 2.42. The van der Waals surface area contributed by atoms with Crippen LogP contribution in [0.2, 0.25) is 0 Å². The van der Waals surface area contributed by atoms with Crippen LogP contribution in [-0.2, 0) is 4.79 Å². The number of hydrogen-bond acceptors (Lipinski definition) is 3. The summed E-state index contributed by atoms with van der Waals surface area (Å²) in [5.41, 5.74) is 3.01. The van der Waals surface area contributed by atoms with Crippen molar-refractivity contribution in [3.8, 4) is 0 Å². The minimum atomic E-state index is 0.223. The van der Waals surface area contributed by atoms with E-state index in [9.17, 15) is 4.79 Å². The zero-order valence-electron chi connectivity index (χ0n) is 9.25. The molecule has 4 nitrogen and oxygen atoms in total. The van der Waals surface area contributed by atoms with Crippen LogP contribution in [0.5, 0.6) is 0 Å². The van der Waals surface area contributed by atoms with Gasteiger partial charge >= 0.3 is 0 Å². The summed E-state index contributed by atoms with van der Waals surface area (Å²) >= 11 is 0. The molecule has 1 aliphatic rings. The topological polar surface area (TPSA) is 35.6 Å². The predicted octanol–water partition coefficient (Wildman–Crippen LogP) is 0.455. The second kappa shape index (κ2) is 5.98. The van der Waals surface area contributed by atoms with Gasteiger partial charge in [0.2, 0.25) is 5.91 Å². The van der Waals surface area contributed by atoms with Gasteiger partial charge in [-0.15, -0.1) is 0 Å². The maximum Gasteiger partial charge on any atom is 0.237 e. The van der Waals surface area contributed by atoms with E-state index in [1.807, 2.05) is 24.0 Å². The Hall–Kier alpha value is -0.610. The van der Waals surface area contributed by atoms with Gasteiger partial charge in [-0.2, -0.15) is 0 Å². The van der Waals surface area contributed by atoms with E-state index in [1.54, 1.807) is 0 Å². The van der Waals surface area contributed by atoms with Gasteiger partial charge in [0.15, 0.2) is 0 Å². The Morgan fingerprint density at radius 1 is 1.21 bits per heavy atom. The van der Waals surface area contributed by atoms with Crippen LogP contribution in [0.25, 0.3) is 0 Å². The van der Waals surface area contributed by atoms with Crippen LogP contribution in [0.3, 0.4) is 0 Å². The van der Waals surface area contributed by atoms with Gasteiger partial charge in [-0.3, -0.25) is 9.80 Å². The number of carbonyl (C=O) groups excluding carboxylic acids is 1. The molecule has 1 N–H and O–H groups in total. The van der Waals surface area contributed by atoms with Gasteiger partial charge in [-0.05, 0) is 12.8 Å². The van der Waals surface area contributed by atoms with Crippen LogP contribution in [0.15, 0.2) is 0 Å². The van der Waals surface area contributed by atoms with E-state index in [-0.39, 0.29) is 5.91 Å². The second-order valence-electron chi connectivity index (χ2n) is 4.02. The fourth-order valence-corrected chi connectivity index (χ4v) is 1.66. The molecule has 0 spiro atoms. The molecule has 1 amide bonds. The Morgan fingerprint density at radius 3 is 2.29 bits per heavy atom. The lowest BCUT2D eigenvalue weighted by molar-refractivity contribution is -0.130. The highest BCUT2D eigenvalue weighted by atomic mass is 16.2. The lowest BCUT2D eigenvalue weighted by Gasteiger charge is -2.21. The van der Waals surface area contributed by atoms with Crippen LogP contribution >= 0.6 is 0 Å². The third-order valence-corrected chi connectivity index (χ3v) is 2.51. The van der Waals surface area contributed by atoms with E-state index >= 15 is 0 Å². The Kier molecular flexibility index (Phi) is 4.90. The Labute approximate surface area is 86.2 Å². The minimum absolute atomic E-state index is 0.223. The summed E-state index contributed by atoms with van der Waals surface area (Å²) in [7, 11) is 3.80. The van der Waals surface area contributed by atoms with Crippen LogP contribution in [0.4, 0.5) is 0 Å². The van der Waals surface area contributed by atoms with Gasteiger partial charge in [0, 0.05) is 27.2 Å². The first-order chi connectivity index (χ1) is 6.70. The first-order valence-corrected chi connectivity index (χ1v) is 5.39. The van der Waals surface area contributed by atoms with Crippen molar-refractivity contribution in [2.45, 2.75) is 25.7 Å². The number of hydrogen-bond donors (Lipinski definition) is 1. The summed E-state index contributed by atoms with van der Waals surface area (Å²) in [6.45, 7) is 2.30. The summed E-state index contributed by atoms with van der Waals surface area (Å²) in [6, 6.07) is 0. The van der Waals surface area contributed by atoms with Crippen molar-refractivity contribution in [1.29, 1.82) is 0 Å². The third-order valence-electron chi connectivity index (χ3n) is 2.51. The summed E-state index contributed by atoms with van der Waals surface area (Å²) in [4.78, 5) is 13.7. The molecule has 1 heterocycles. The van der Waals surface area contributed by atoms with Gasteiger partial charge < -0.3 is 4.90 Å². The van der Waals surface area contributed by atoms with E-state index in [2.05, 4.69) is 5.43 Å². The van der Waals surface area contributed by atoms with Crippen molar-refractivity contribution in [1.82, 2.24) is 15.3 Å². The molecule has 0 radical (unpaired) electrons. The Morgan fingerprint density at radius 2 is 1.79 bits per heavy atom. The van der Waals surface area contributed by atoms with Gasteiger partial charge in [-0.25, -0.2) is 5.43 Å².